The number of ether oxygens (including phenoxy) is 1. The van der Waals surface area contributed by atoms with Crippen LogP contribution in [0.25, 0.3) is 11.3 Å². The predicted octanol–water partition coefficient (Wildman–Crippen LogP) is 2.40. The van der Waals surface area contributed by atoms with Crippen molar-refractivity contribution >= 4 is 11.8 Å². The van der Waals surface area contributed by atoms with Crippen molar-refractivity contribution in [1.29, 1.82) is 0 Å². The number of rotatable bonds is 4. The number of primary amides is 1. The van der Waals surface area contributed by atoms with Gasteiger partial charge in [0.25, 0.3) is 5.91 Å². The summed E-state index contributed by atoms with van der Waals surface area (Å²) in [7, 11) is 0. The highest BCUT2D eigenvalue weighted by molar-refractivity contribution is 5.95. The van der Waals surface area contributed by atoms with Crippen LogP contribution in [0.3, 0.4) is 0 Å². The number of morpholine rings is 1. The lowest BCUT2D eigenvalue weighted by Crippen LogP contribution is -2.54. The van der Waals surface area contributed by atoms with Crippen LogP contribution in [0, 0.1) is 0 Å². The Hall–Kier alpha value is -2.60. The molecule has 1 atom stereocenters. The Labute approximate surface area is 146 Å². The molecule has 1 aromatic heterocycles. The second-order valence-electron chi connectivity index (χ2n) is 6.44. The van der Waals surface area contributed by atoms with E-state index in [1.807, 2.05) is 12.1 Å². The Morgan fingerprint density at radius 1 is 1.24 bits per heavy atom. The van der Waals surface area contributed by atoms with E-state index in [1.165, 1.54) is 10.5 Å². The molecule has 1 saturated heterocycles. The highest BCUT2D eigenvalue weighted by Gasteiger charge is 2.33. The zero-order chi connectivity index (χ0) is 18.0. The van der Waals surface area contributed by atoms with Crippen molar-refractivity contribution in [3.8, 4) is 11.3 Å². The summed E-state index contributed by atoms with van der Waals surface area (Å²) in [5.74, 6) is 0.288. The molecular formula is C19H22N2O4. The quantitative estimate of drug-likeness (QED) is 0.924. The third-order valence-corrected chi connectivity index (χ3v) is 4.37. The molecule has 0 aliphatic carbocycles. The van der Waals surface area contributed by atoms with Gasteiger partial charge in [-0.15, -0.1) is 0 Å². The van der Waals surface area contributed by atoms with Crippen molar-refractivity contribution in [2.45, 2.75) is 25.8 Å². The van der Waals surface area contributed by atoms with Gasteiger partial charge in [-0.3, -0.25) is 9.59 Å². The molecule has 2 aromatic rings. The van der Waals surface area contributed by atoms with Gasteiger partial charge in [0.2, 0.25) is 5.91 Å². The van der Waals surface area contributed by atoms with Gasteiger partial charge in [-0.25, -0.2) is 0 Å². The zero-order valence-corrected chi connectivity index (χ0v) is 14.4. The summed E-state index contributed by atoms with van der Waals surface area (Å²) >= 11 is 0. The van der Waals surface area contributed by atoms with Gasteiger partial charge < -0.3 is 19.8 Å². The fraction of sp³-hybridized carbons (Fsp3) is 0.368. The lowest BCUT2D eigenvalue weighted by Gasteiger charge is -2.32. The molecule has 25 heavy (non-hydrogen) atoms. The highest BCUT2D eigenvalue weighted by Crippen LogP contribution is 2.26. The van der Waals surface area contributed by atoms with E-state index in [1.54, 1.807) is 12.1 Å². The lowest BCUT2D eigenvalue weighted by atomic mass is 10.0. The average molecular weight is 342 g/mol. The van der Waals surface area contributed by atoms with E-state index in [0.717, 1.165) is 5.56 Å². The van der Waals surface area contributed by atoms with Crippen LogP contribution in [0.5, 0.6) is 0 Å². The van der Waals surface area contributed by atoms with Crippen molar-refractivity contribution in [2.75, 3.05) is 19.8 Å². The minimum Gasteiger partial charge on any atom is -0.451 e. The molecule has 0 saturated carbocycles. The van der Waals surface area contributed by atoms with E-state index >= 15 is 0 Å². The van der Waals surface area contributed by atoms with E-state index in [9.17, 15) is 9.59 Å². The van der Waals surface area contributed by atoms with Crippen molar-refractivity contribution in [3.63, 3.8) is 0 Å². The number of amides is 2. The Morgan fingerprint density at radius 3 is 2.76 bits per heavy atom. The summed E-state index contributed by atoms with van der Waals surface area (Å²) in [6.07, 6.45) is 0. The third kappa shape index (κ3) is 3.58. The molecule has 1 aliphatic heterocycles. The van der Waals surface area contributed by atoms with E-state index in [0.29, 0.717) is 24.8 Å². The van der Waals surface area contributed by atoms with E-state index in [4.69, 9.17) is 14.9 Å². The van der Waals surface area contributed by atoms with Gasteiger partial charge in [-0.1, -0.05) is 32.0 Å². The molecule has 6 heteroatoms. The molecule has 6 nitrogen and oxygen atoms in total. The van der Waals surface area contributed by atoms with Gasteiger partial charge in [0.05, 0.1) is 13.2 Å². The molecule has 1 unspecified atom stereocenters. The molecular weight excluding hydrogens is 320 g/mol. The molecule has 0 radical (unpaired) electrons. The molecule has 132 valence electrons. The lowest BCUT2D eigenvalue weighted by molar-refractivity contribution is -0.127. The second kappa shape index (κ2) is 7.11. The number of furan rings is 1. The van der Waals surface area contributed by atoms with Gasteiger partial charge in [-0.2, -0.15) is 0 Å². The van der Waals surface area contributed by atoms with Gasteiger partial charge in [0, 0.05) is 12.1 Å². The first kappa shape index (κ1) is 17.2. The number of hydrogen-bond donors (Lipinski definition) is 1. The maximum absolute atomic E-state index is 12.7. The van der Waals surface area contributed by atoms with Crippen molar-refractivity contribution < 1.29 is 18.7 Å². The van der Waals surface area contributed by atoms with Crippen LogP contribution in [0.15, 0.2) is 40.8 Å². The SMILES string of the molecule is CC(C)c1cccc(-c2ccc(C(=O)N3CCOCC3C(N)=O)o2)c1. The van der Waals surface area contributed by atoms with Gasteiger partial charge in [0.1, 0.15) is 11.8 Å². The van der Waals surface area contributed by atoms with Crippen LogP contribution in [-0.2, 0) is 9.53 Å². The normalized spacial score (nSPS) is 17.7. The number of nitrogens with two attached hydrogens (primary N) is 1. The summed E-state index contributed by atoms with van der Waals surface area (Å²) in [5, 5.41) is 0. The molecule has 1 aromatic carbocycles. The van der Waals surface area contributed by atoms with Crippen LogP contribution in [0.2, 0.25) is 0 Å². The number of nitrogens with zero attached hydrogens (tertiary/aromatic N) is 1. The highest BCUT2D eigenvalue weighted by atomic mass is 16.5. The Morgan fingerprint density at radius 2 is 2.04 bits per heavy atom. The summed E-state index contributed by atoms with van der Waals surface area (Å²) in [5.41, 5.74) is 7.48. The summed E-state index contributed by atoms with van der Waals surface area (Å²) in [4.78, 5) is 25.7. The maximum Gasteiger partial charge on any atom is 0.290 e. The number of carbonyl (C=O) groups excluding carboxylic acids is 2. The third-order valence-electron chi connectivity index (χ3n) is 4.37. The number of benzene rings is 1. The monoisotopic (exact) mass is 342 g/mol. The molecule has 1 aliphatic rings. The summed E-state index contributed by atoms with van der Waals surface area (Å²) < 4.78 is 11.0. The van der Waals surface area contributed by atoms with E-state index in [2.05, 4.69) is 26.0 Å². The smallest absolute Gasteiger partial charge is 0.290 e. The molecule has 3 rings (SSSR count). The van der Waals surface area contributed by atoms with Crippen LogP contribution in [0.1, 0.15) is 35.9 Å². The van der Waals surface area contributed by atoms with Crippen LogP contribution in [-0.4, -0.2) is 42.5 Å². The Bertz CT molecular complexity index is 781. The van der Waals surface area contributed by atoms with Crippen molar-refractivity contribution in [1.82, 2.24) is 4.90 Å². The first-order valence-corrected chi connectivity index (χ1v) is 8.35. The molecule has 2 heterocycles. The second-order valence-corrected chi connectivity index (χ2v) is 6.44. The minimum atomic E-state index is -0.765. The molecule has 1 fully saturated rings. The van der Waals surface area contributed by atoms with Crippen molar-refractivity contribution in [2.24, 2.45) is 5.73 Å². The van der Waals surface area contributed by atoms with E-state index < -0.39 is 11.9 Å². The number of hydrogen-bond acceptors (Lipinski definition) is 4. The molecule has 2 amide bonds. The first-order chi connectivity index (χ1) is 12.0. The fourth-order valence-electron chi connectivity index (χ4n) is 2.88. The largest absolute Gasteiger partial charge is 0.451 e. The minimum absolute atomic E-state index is 0.116. The van der Waals surface area contributed by atoms with Crippen LogP contribution < -0.4 is 5.73 Å². The zero-order valence-electron chi connectivity index (χ0n) is 14.4. The maximum atomic E-state index is 12.7. The summed E-state index contributed by atoms with van der Waals surface area (Å²) in [6.45, 7) is 5.05. The Balaban J connectivity index is 1.84. The predicted molar refractivity (Wildman–Crippen MR) is 93.1 cm³/mol. The first-order valence-electron chi connectivity index (χ1n) is 8.35. The van der Waals surface area contributed by atoms with Crippen molar-refractivity contribution in [3.05, 3.63) is 47.7 Å². The van der Waals surface area contributed by atoms with Crippen LogP contribution >= 0.6 is 0 Å². The molecule has 2 N–H and O–H groups in total. The van der Waals surface area contributed by atoms with Gasteiger partial charge in [0.15, 0.2) is 5.76 Å². The summed E-state index contributed by atoms with van der Waals surface area (Å²) in [6, 6.07) is 10.7. The van der Waals surface area contributed by atoms with Gasteiger partial charge in [-0.05, 0) is 29.7 Å². The molecule has 0 spiro atoms. The van der Waals surface area contributed by atoms with Crippen LogP contribution in [0.4, 0.5) is 0 Å². The van der Waals surface area contributed by atoms with Gasteiger partial charge >= 0.3 is 0 Å². The fourth-order valence-corrected chi connectivity index (χ4v) is 2.88. The average Bonchev–Trinajstić information content (AvgIpc) is 3.11. The number of carbonyl (C=O) groups is 2. The topological polar surface area (TPSA) is 85.8 Å². The molecule has 0 bridgehead atoms. The van der Waals surface area contributed by atoms with E-state index in [-0.39, 0.29) is 18.3 Å². The Kier molecular flexibility index (Phi) is 4.90. The standard InChI is InChI=1S/C19H22N2O4/c1-12(2)13-4-3-5-14(10-13)16-6-7-17(25-16)19(23)21-8-9-24-11-15(21)18(20)22/h3-7,10,12,15H,8-9,11H2,1-2H3,(H2,20,22).